The number of anilines is 3. The molecule has 1 saturated carbocycles. The molecule has 1 aliphatic carbocycles. The number of nitro groups is 1. The molecular weight excluding hydrogens is 410 g/mol. The molecule has 2 amide bonds. The van der Waals surface area contributed by atoms with Gasteiger partial charge < -0.3 is 9.80 Å². The van der Waals surface area contributed by atoms with Gasteiger partial charge in [0, 0.05) is 38.4 Å². The Morgan fingerprint density at radius 2 is 1.56 bits per heavy atom. The number of rotatable bonds is 4. The van der Waals surface area contributed by atoms with Gasteiger partial charge in [-0.05, 0) is 37.1 Å². The Kier molecular flexibility index (Phi) is 5.24. The first-order valence-electron chi connectivity index (χ1n) is 11.1. The van der Waals surface area contributed by atoms with Gasteiger partial charge in [0.15, 0.2) is 0 Å². The second kappa shape index (κ2) is 8.22. The van der Waals surface area contributed by atoms with E-state index in [1.165, 1.54) is 11.0 Å². The van der Waals surface area contributed by atoms with Crippen LogP contribution in [0.5, 0.6) is 0 Å². The lowest BCUT2D eigenvalue weighted by Crippen LogP contribution is -2.47. The van der Waals surface area contributed by atoms with Crippen molar-refractivity contribution >= 4 is 34.7 Å². The molecule has 0 spiro atoms. The fraction of sp³-hybridized carbons (Fsp3) is 0.435. The fourth-order valence-corrected chi connectivity index (χ4v) is 5.20. The van der Waals surface area contributed by atoms with Crippen LogP contribution in [0.4, 0.5) is 22.9 Å². The predicted molar refractivity (Wildman–Crippen MR) is 120 cm³/mol. The van der Waals surface area contributed by atoms with Crippen molar-refractivity contribution in [3.63, 3.8) is 0 Å². The summed E-state index contributed by atoms with van der Waals surface area (Å²) in [5.41, 5.74) is 0.733. The Morgan fingerprint density at radius 3 is 2.16 bits per heavy atom. The highest BCUT2D eigenvalue weighted by molar-refractivity contribution is 6.22. The Bertz CT molecular complexity index is 1030. The number of carbonyl (C=O) groups is 2. The van der Waals surface area contributed by atoms with Crippen LogP contribution in [0.2, 0.25) is 0 Å². The van der Waals surface area contributed by atoms with E-state index < -0.39 is 4.92 Å². The van der Waals surface area contributed by atoms with E-state index in [2.05, 4.69) is 9.88 Å². The Balaban J connectivity index is 1.38. The van der Waals surface area contributed by atoms with E-state index in [-0.39, 0.29) is 29.3 Å². The van der Waals surface area contributed by atoms with Crippen molar-refractivity contribution in [3.05, 3.63) is 52.7 Å². The summed E-state index contributed by atoms with van der Waals surface area (Å²) < 4.78 is 0. The van der Waals surface area contributed by atoms with Gasteiger partial charge in [0.25, 0.3) is 5.69 Å². The van der Waals surface area contributed by atoms with Crippen molar-refractivity contribution in [1.82, 2.24) is 4.98 Å². The van der Waals surface area contributed by atoms with Crippen molar-refractivity contribution < 1.29 is 14.5 Å². The normalized spacial score (nSPS) is 23.4. The van der Waals surface area contributed by atoms with Gasteiger partial charge in [-0.3, -0.25) is 19.7 Å². The molecule has 3 heterocycles. The highest BCUT2D eigenvalue weighted by Gasteiger charge is 2.49. The summed E-state index contributed by atoms with van der Waals surface area (Å²) in [4.78, 5) is 47.0. The SMILES string of the molecule is O=C1[C@@H]2CCCC[C@H]2C(=O)N1c1ccc(N2CCN(c3ccccn3)CC2)c([N+](=O)[O-])c1. The third-order valence-corrected chi connectivity index (χ3v) is 6.85. The monoisotopic (exact) mass is 435 g/mol. The average Bonchev–Trinajstić information content (AvgIpc) is 3.09. The lowest BCUT2D eigenvalue weighted by atomic mass is 9.81. The molecule has 9 heteroatoms. The van der Waals surface area contributed by atoms with Crippen LogP contribution in [0.25, 0.3) is 0 Å². The number of fused-ring (bicyclic) bond motifs is 1. The van der Waals surface area contributed by atoms with E-state index in [0.717, 1.165) is 18.7 Å². The second-order valence-electron chi connectivity index (χ2n) is 8.60. The standard InChI is InChI=1S/C23H25N5O4/c29-22-17-5-1-2-6-18(17)23(30)27(22)16-8-9-19(20(15-16)28(31)32)25-11-13-26(14-12-25)21-7-3-4-10-24-21/h3-4,7-10,15,17-18H,1-2,5-6,11-14H2/t17-,18-/m1/s1. The average molecular weight is 435 g/mol. The van der Waals surface area contributed by atoms with Crippen LogP contribution >= 0.6 is 0 Å². The number of amides is 2. The molecule has 0 N–H and O–H groups in total. The Labute approximate surface area is 185 Å². The summed E-state index contributed by atoms with van der Waals surface area (Å²) in [5.74, 6) is -0.106. The first kappa shape index (κ1) is 20.4. The van der Waals surface area contributed by atoms with Crippen molar-refractivity contribution in [3.8, 4) is 0 Å². The maximum atomic E-state index is 12.9. The van der Waals surface area contributed by atoms with Crippen molar-refractivity contribution in [1.29, 1.82) is 0 Å². The first-order chi connectivity index (χ1) is 15.5. The van der Waals surface area contributed by atoms with Crippen LogP contribution in [0.15, 0.2) is 42.6 Å². The number of nitro benzene ring substituents is 1. The van der Waals surface area contributed by atoms with Gasteiger partial charge in [0.1, 0.15) is 11.5 Å². The summed E-state index contributed by atoms with van der Waals surface area (Å²) >= 11 is 0. The molecule has 0 unspecified atom stereocenters. The summed E-state index contributed by atoms with van der Waals surface area (Å²) in [7, 11) is 0. The third kappa shape index (κ3) is 3.47. The molecule has 0 bridgehead atoms. The van der Waals surface area contributed by atoms with Crippen LogP contribution in [-0.2, 0) is 9.59 Å². The fourth-order valence-electron chi connectivity index (χ4n) is 5.20. The van der Waals surface area contributed by atoms with Crippen molar-refractivity contribution in [2.24, 2.45) is 11.8 Å². The lowest BCUT2D eigenvalue weighted by Gasteiger charge is -2.36. The van der Waals surface area contributed by atoms with Gasteiger partial charge in [-0.25, -0.2) is 9.88 Å². The van der Waals surface area contributed by atoms with E-state index in [1.807, 2.05) is 23.1 Å². The molecule has 5 rings (SSSR count). The van der Waals surface area contributed by atoms with E-state index in [9.17, 15) is 19.7 Å². The number of piperazine rings is 1. The van der Waals surface area contributed by atoms with Gasteiger partial charge in [0.05, 0.1) is 22.4 Å². The minimum Gasteiger partial charge on any atom is -0.362 e. The molecule has 2 aromatic rings. The van der Waals surface area contributed by atoms with E-state index in [0.29, 0.717) is 50.4 Å². The van der Waals surface area contributed by atoms with Crippen LogP contribution in [0.1, 0.15) is 25.7 Å². The number of nitrogens with zero attached hydrogens (tertiary/aromatic N) is 5. The van der Waals surface area contributed by atoms with Gasteiger partial charge >= 0.3 is 0 Å². The number of hydrogen-bond acceptors (Lipinski definition) is 7. The highest BCUT2D eigenvalue weighted by Crippen LogP contribution is 2.42. The number of aromatic nitrogens is 1. The van der Waals surface area contributed by atoms with Gasteiger partial charge in [-0.15, -0.1) is 0 Å². The Morgan fingerprint density at radius 1 is 0.906 bits per heavy atom. The minimum atomic E-state index is -0.429. The zero-order chi connectivity index (χ0) is 22.2. The number of pyridine rings is 1. The van der Waals surface area contributed by atoms with Crippen molar-refractivity contribution in [2.45, 2.75) is 25.7 Å². The summed E-state index contributed by atoms with van der Waals surface area (Å²) in [6, 6.07) is 10.5. The topological polar surface area (TPSA) is 99.9 Å². The molecule has 3 aliphatic rings. The Hall–Kier alpha value is -3.49. The molecular formula is C23H25N5O4. The van der Waals surface area contributed by atoms with Crippen LogP contribution in [-0.4, -0.2) is 47.9 Å². The van der Waals surface area contributed by atoms with E-state index in [4.69, 9.17) is 0 Å². The first-order valence-corrected chi connectivity index (χ1v) is 11.1. The zero-order valence-electron chi connectivity index (χ0n) is 17.7. The van der Waals surface area contributed by atoms with E-state index >= 15 is 0 Å². The molecule has 0 radical (unpaired) electrons. The summed E-state index contributed by atoms with van der Waals surface area (Å²) in [6.45, 7) is 2.62. The quantitative estimate of drug-likeness (QED) is 0.413. The molecule has 9 nitrogen and oxygen atoms in total. The smallest absolute Gasteiger partial charge is 0.294 e. The molecule has 32 heavy (non-hydrogen) atoms. The summed E-state index contributed by atoms with van der Waals surface area (Å²) in [6.07, 6.45) is 5.07. The lowest BCUT2D eigenvalue weighted by molar-refractivity contribution is -0.384. The van der Waals surface area contributed by atoms with Crippen molar-refractivity contribution in [2.75, 3.05) is 40.9 Å². The number of benzene rings is 1. The molecule has 2 atom stereocenters. The van der Waals surface area contributed by atoms with Gasteiger partial charge in [-0.1, -0.05) is 18.9 Å². The van der Waals surface area contributed by atoms with Crippen LogP contribution < -0.4 is 14.7 Å². The minimum absolute atomic E-state index is 0.0794. The summed E-state index contributed by atoms with van der Waals surface area (Å²) in [5, 5.41) is 11.9. The molecule has 3 fully saturated rings. The highest BCUT2D eigenvalue weighted by atomic mass is 16.6. The second-order valence-corrected chi connectivity index (χ2v) is 8.60. The molecule has 1 aromatic carbocycles. The molecule has 2 saturated heterocycles. The number of imide groups is 1. The maximum absolute atomic E-state index is 12.9. The molecule has 166 valence electrons. The van der Waals surface area contributed by atoms with Crippen LogP contribution in [0, 0.1) is 22.0 Å². The van der Waals surface area contributed by atoms with E-state index in [1.54, 1.807) is 18.3 Å². The largest absolute Gasteiger partial charge is 0.362 e. The number of hydrogen-bond donors (Lipinski definition) is 0. The zero-order valence-corrected chi connectivity index (χ0v) is 17.7. The molecule has 1 aromatic heterocycles. The maximum Gasteiger partial charge on any atom is 0.294 e. The number of carbonyl (C=O) groups excluding carboxylic acids is 2. The van der Waals surface area contributed by atoms with Gasteiger partial charge in [-0.2, -0.15) is 0 Å². The van der Waals surface area contributed by atoms with Crippen LogP contribution in [0.3, 0.4) is 0 Å². The van der Waals surface area contributed by atoms with Gasteiger partial charge in [0.2, 0.25) is 11.8 Å². The molecule has 2 aliphatic heterocycles. The third-order valence-electron chi connectivity index (χ3n) is 6.85. The predicted octanol–water partition coefficient (Wildman–Crippen LogP) is 3.00.